The summed E-state index contributed by atoms with van der Waals surface area (Å²) >= 11 is 1.84. The normalized spacial score (nSPS) is 12.6. The number of para-hydroxylation sites is 4. The topological polar surface area (TPSA) is 21.9 Å². The first-order valence-corrected chi connectivity index (χ1v) is 14.4. The minimum atomic E-state index is 1.15. The lowest BCUT2D eigenvalue weighted by Crippen LogP contribution is -2.03. The Hall–Kier alpha value is -4.93. The molecule has 6 aromatic carbocycles. The van der Waals surface area contributed by atoms with Crippen molar-refractivity contribution < 1.29 is 0 Å². The summed E-state index contributed by atoms with van der Waals surface area (Å²) in [5.74, 6) is 0. The van der Waals surface area contributed by atoms with E-state index in [4.69, 9.17) is 0 Å². The second-order valence-electron chi connectivity index (χ2n) is 10.3. The zero-order valence-corrected chi connectivity index (χ0v) is 22.3. The number of hydrogen-bond acceptors (Lipinski definition) is 2. The Morgan fingerprint density at radius 1 is 0.400 bits per heavy atom. The van der Waals surface area contributed by atoms with Gasteiger partial charge >= 0.3 is 0 Å². The van der Waals surface area contributed by atoms with E-state index in [1.165, 1.54) is 64.8 Å². The fourth-order valence-electron chi connectivity index (χ4n) is 6.34. The Morgan fingerprint density at radius 3 is 1.12 bits per heavy atom. The number of aromatic nitrogens is 2. The molecule has 0 radical (unpaired) electrons. The molecule has 0 bridgehead atoms. The van der Waals surface area contributed by atoms with E-state index in [0.717, 1.165) is 11.4 Å². The summed E-state index contributed by atoms with van der Waals surface area (Å²) in [4.78, 5) is 2.46. The van der Waals surface area contributed by atoms with E-state index in [0.29, 0.717) is 0 Å². The summed E-state index contributed by atoms with van der Waals surface area (Å²) in [6, 6.07) is 48.2. The summed E-state index contributed by atoms with van der Waals surface area (Å²) in [6.45, 7) is 0. The first-order chi connectivity index (χ1) is 19.8. The molecule has 4 heteroatoms. The largest absolute Gasteiger partial charge is 0.354 e. The van der Waals surface area contributed by atoms with Crippen molar-refractivity contribution in [3.63, 3.8) is 0 Å². The molecule has 0 aliphatic carbocycles. The van der Waals surface area contributed by atoms with E-state index < -0.39 is 0 Å². The van der Waals surface area contributed by atoms with Gasteiger partial charge in [0.05, 0.1) is 33.4 Å². The van der Waals surface area contributed by atoms with Crippen LogP contribution in [-0.2, 0) is 0 Å². The molecule has 0 spiro atoms. The van der Waals surface area contributed by atoms with Gasteiger partial charge in [0, 0.05) is 42.7 Å². The van der Waals surface area contributed by atoms with Crippen molar-refractivity contribution in [1.82, 2.24) is 9.13 Å². The van der Waals surface area contributed by atoms with Crippen LogP contribution in [0, 0.1) is 0 Å². The van der Waals surface area contributed by atoms with Gasteiger partial charge in [0.2, 0.25) is 0 Å². The van der Waals surface area contributed by atoms with E-state index in [-0.39, 0.29) is 0 Å². The second kappa shape index (κ2) is 8.28. The summed E-state index contributed by atoms with van der Waals surface area (Å²) in [5.41, 5.74) is 9.55. The third-order valence-corrected chi connectivity index (χ3v) is 9.21. The summed E-state index contributed by atoms with van der Waals surface area (Å²) in [5, 5.41) is 8.82. The minimum Gasteiger partial charge on any atom is -0.354 e. The fraction of sp³-hybridized carbons (Fsp3) is 0. The lowest BCUT2D eigenvalue weighted by molar-refractivity contribution is 1.14. The first-order valence-electron chi connectivity index (χ1n) is 13.5. The van der Waals surface area contributed by atoms with Crippen LogP contribution in [0.25, 0.3) is 55.0 Å². The lowest BCUT2D eigenvalue weighted by Gasteiger charge is -2.23. The van der Waals surface area contributed by atoms with Gasteiger partial charge < -0.3 is 14.5 Å². The number of rotatable bonds is 2. The average molecular weight is 530 g/mol. The summed E-state index contributed by atoms with van der Waals surface area (Å²) in [6.07, 6.45) is 0. The highest BCUT2D eigenvalue weighted by molar-refractivity contribution is 7.99. The zero-order valence-electron chi connectivity index (χ0n) is 21.5. The molecule has 40 heavy (non-hydrogen) atoms. The molecule has 3 nitrogen and oxygen atoms in total. The smallest absolute Gasteiger partial charge is 0.0541 e. The lowest BCUT2D eigenvalue weighted by atomic mass is 10.2. The minimum absolute atomic E-state index is 1.15. The number of benzene rings is 6. The van der Waals surface area contributed by atoms with Crippen LogP contribution in [0.3, 0.4) is 0 Å². The molecular formula is C36H23N3S. The molecule has 1 aliphatic heterocycles. The molecule has 3 heterocycles. The van der Waals surface area contributed by atoms with Crippen LogP contribution in [0.1, 0.15) is 0 Å². The Labute approximate surface area is 235 Å². The van der Waals surface area contributed by atoms with E-state index in [2.05, 4.69) is 148 Å². The molecule has 2 aromatic heterocycles. The van der Waals surface area contributed by atoms with Gasteiger partial charge in [0.15, 0.2) is 0 Å². The Morgan fingerprint density at radius 2 is 0.750 bits per heavy atom. The van der Waals surface area contributed by atoms with Crippen LogP contribution in [0.2, 0.25) is 0 Å². The predicted molar refractivity (Wildman–Crippen MR) is 169 cm³/mol. The number of nitrogens with zero attached hydrogens (tertiary/aromatic N) is 2. The highest BCUT2D eigenvalue weighted by atomic mass is 32.2. The number of hydrogen-bond donors (Lipinski definition) is 1. The zero-order chi connectivity index (χ0) is 26.2. The van der Waals surface area contributed by atoms with Gasteiger partial charge in [0.25, 0.3) is 0 Å². The van der Waals surface area contributed by atoms with Crippen LogP contribution < -0.4 is 5.32 Å². The quantitative estimate of drug-likeness (QED) is 0.241. The maximum Gasteiger partial charge on any atom is 0.0541 e. The van der Waals surface area contributed by atoms with Gasteiger partial charge in [-0.05, 0) is 60.7 Å². The predicted octanol–water partition coefficient (Wildman–Crippen LogP) is 10.1. The second-order valence-corrected chi connectivity index (χ2v) is 11.4. The number of anilines is 2. The Balaban J connectivity index is 1.18. The van der Waals surface area contributed by atoms with Gasteiger partial charge in [-0.1, -0.05) is 84.6 Å². The highest BCUT2D eigenvalue weighted by Crippen LogP contribution is 2.46. The maximum absolute atomic E-state index is 3.69. The SMILES string of the molecule is c1ccc2c(c1)c1ccccc1n2-c1ccc2c(c1)Sc1cc(-n3c4ccccc4c4ccccc43)ccc1N2. The molecule has 0 saturated heterocycles. The van der Waals surface area contributed by atoms with Crippen LogP contribution >= 0.6 is 11.8 Å². The fourth-order valence-corrected chi connectivity index (χ4v) is 7.39. The number of fused-ring (bicyclic) bond motifs is 8. The Bertz CT molecular complexity index is 2020. The van der Waals surface area contributed by atoms with Crippen molar-refractivity contribution in [2.24, 2.45) is 0 Å². The van der Waals surface area contributed by atoms with Crippen LogP contribution in [0.15, 0.2) is 143 Å². The molecule has 0 fully saturated rings. The maximum atomic E-state index is 3.69. The molecule has 1 N–H and O–H groups in total. The first kappa shape index (κ1) is 21.9. The number of nitrogens with one attached hydrogen (secondary N) is 1. The molecule has 9 rings (SSSR count). The van der Waals surface area contributed by atoms with Gasteiger partial charge in [-0.15, -0.1) is 0 Å². The van der Waals surface area contributed by atoms with Crippen molar-refractivity contribution in [3.05, 3.63) is 133 Å². The molecular weight excluding hydrogens is 506 g/mol. The third-order valence-electron chi connectivity index (χ3n) is 8.10. The van der Waals surface area contributed by atoms with Crippen LogP contribution in [-0.4, -0.2) is 9.13 Å². The Kier molecular flexibility index (Phi) is 4.54. The van der Waals surface area contributed by atoms with E-state index in [1.807, 2.05) is 11.8 Å². The van der Waals surface area contributed by atoms with Crippen molar-refractivity contribution in [3.8, 4) is 11.4 Å². The average Bonchev–Trinajstić information content (AvgIpc) is 3.53. The molecule has 0 amide bonds. The molecule has 188 valence electrons. The summed E-state index contributed by atoms with van der Waals surface area (Å²) < 4.78 is 4.77. The van der Waals surface area contributed by atoms with E-state index in [9.17, 15) is 0 Å². The third kappa shape index (κ3) is 3.08. The molecule has 0 saturated carbocycles. The van der Waals surface area contributed by atoms with Crippen molar-refractivity contribution in [1.29, 1.82) is 0 Å². The molecule has 8 aromatic rings. The molecule has 1 aliphatic rings. The monoisotopic (exact) mass is 529 g/mol. The molecule has 0 unspecified atom stereocenters. The van der Waals surface area contributed by atoms with Crippen molar-refractivity contribution in [2.75, 3.05) is 5.32 Å². The highest BCUT2D eigenvalue weighted by Gasteiger charge is 2.20. The summed E-state index contributed by atoms with van der Waals surface area (Å²) in [7, 11) is 0. The van der Waals surface area contributed by atoms with Gasteiger partial charge in [-0.25, -0.2) is 0 Å². The van der Waals surface area contributed by atoms with Crippen LogP contribution in [0.5, 0.6) is 0 Å². The van der Waals surface area contributed by atoms with Gasteiger partial charge in [-0.3, -0.25) is 0 Å². The molecule has 0 atom stereocenters. The van der Waals surface area contributed by atoms with Gasteiger partial charge in [-0.2, -0.15) is 0 Å². The van der Waals surface area contributed by atoms with Crippen LogP contribution in [0.4, 0.5) is 11.4 Å². The van der Waals surface area contributed by atoms with Crippen molar-refractivity contribution in [2.45, 2.75) is 9.79 Å². The van der Waals surface area contributed by atoms with Crippen molar-refractivity contribution >= 4 is 66.7 Å². The van der Waals surface area contributed by atoms with Gasteiger partial charge in [0.1, 0.15) is 0 Å². The van der Waals surface area contributed by atoms with E-state index in [1.54, 1.807) is 0 Å². The standard InChI is InChI=1S/C36H23N3S/c1-5-13-31-25(9-1)26-10-2-6-14-32(26)38(31)23-17-19-29-35(21-23)40-36-22-24(18-20-30(36)37-29)39-33-15-7-3-11-27(33)28-12-4-8-16-34(28)39/h1-22,37H. The van der Waals surface area contributed by atoms with E-state index >= 15 is 0 Å².